The van der Waals surface area contributed by atoms with Gasteiger partial charge in [0.25, 0.3) is 0 Å². The molecule has 0 spiro atoms. The third-order valence-electron chi connectivity index (χ3n) is 3.92. The molecule has 0 saturated heterocycles. The zero-order valence-electron chi connectivity index (χ0n) is 10.9. The van der Waals surface area contributed by atoms with Gasteiger partial charge >= 0.3 is 0 Å². The van der Waals surface area contributed by atoms with Gasteiger partial charge in [-0.2, -0.15) is 0 Å². The highest BCUT2D eigenvalue weighted by molar-refractivity contribution is 5.83. The molecule has 0 aromatic heterocycles. The molecule has 3 N–H and O–H groups in total. The van der Waals surface area contributed by atoms with Crippen LogP contribution in [0.15, 0.2) is 30.3 Å². The number of amides is 1. The van der Waals surface area contributed by atoms with Gasteiger partial charge in [0, 0.05) is 6.04 Å². The van der Waals surface area contributed by atoms with Gasteiger partial charge in [-0.05, 0) is 31.2 Å². The first-order valence-electron chi connectivity index (χ1n) is 6.79. The maximum absolute atomic E-state index is 12.1. The van der Waals surface area contributed by atoms with Crippen molar-refractivity contribution in [1.29, 1.82) is 0 Å². The highest BCUT2D eigenvalue weighted by Crippen LogP contribution is 2.27. The molecule has 0 bridgehead atoms. The second kappa shape index (κ2) is 6.01. The van der Waals surface area contributed by atoms with Crippen LogP contribution < -0.4 is 11.1 Å². The smallest absolute Gasteiger partial charge is 0.241 e. The number of carbonyl (C=O) groups excluding carboxylic acids is 1. The molecular formula is C15H22N2O. The number of nitrogens with one attached hydrogen (secondary N) is 1. The Bertz CT molecular complexity index is 385. The van der Waals surface area contributed by atoms with Crippen molar-refractivity contribution in [2.45, 2.75) is 44.7 Å². The van der Waals surface area contributed by atoms with Crippen LogP contribution in [0.25, 0.3) is 0 Å². The zero-order valence-corrected chi connectivity index (χ0v) is 10.9. The summed E-state index contributed by atoms with van der Waals surface area (Å²) in [6.07, 6.45) is 5.02. The minimum absolute atomic E-state index is 0.0689. The Morgan fingerprint density at radius 2 is 1.89 bits per heavy atom. The Kier molecular flexibility index (Phi) is 4.37. The number of hydrogen-bond donors (Lipinski definition) is 2. The number of nitrogens with two attached hydrogens (primary N) is 1. The predicted octanol–water partition coefficient (Wildman–Crippen LogP) is 2.38. The van der Waals surface area contributed by atoms with E-state index in [1.54, 1.807) is 0 Å². The molecule has 1 unspecified atom stereocenters. The first-order chi connectivity index (χ1) is 8.68. The molecular weight excluding hydrogens is 224 g/mol. The van der Waals surface area contributed by atoms with Gasteiger partial charge in [-0.25, -0.2) is 0 Å². The standard InChI is InChI=1S/C15H22N2O/c1-11(12-7-5-6-8-12)17-15(18)14(16)13-9-3-2-4-10-13/h2-4,9-12,14H,5-8,16H2,1H3,(H,17,18)/t11-,14?/m0/s1. The lowest BCUT2D eigenvalue weighted by atomic mass is 9.99. The van der Waals surface area contributed by atoms with Crippen molar-refractivity contribution in [1.82, 2.24) is 5.32 Å². The van der Waals surface area contributed by atoms with E-state index in [1.165, 1.54) is 25.7 Å². The number of hydrogen-bond acceptors (Lipinski definition) is 2. The average molecular weight is 246 g/mol. The van der Waals surface area contributed by atoms with Crippen LogP contribution in [0, 0.1) is 5.92 Å². The Morgan fingerprint density at radius 1 is 1.28 bits per heavy atom. The predicted molar refractivity (Wildman–Crippen MR) is 72.9 cm³/mol. The Morgan fingerprint density at radius 3 is 2.50 bits per heavy atom. The lowest BCUT2D eigenvalue weighted by Crippen LogP contribution is -2.42. The maximum Gasteiger partial charge on any atom is 0.241 e. The minimum Gasteiger partial charge on any atom is -0.352 e. The summed E-state index contributed by atoms with van der Waals surface area (Å²) in [5, 5.41) is 3.06. The molecule has 2 rings (SSSR count). The van der Waals surface area contributed by atoms with E-state index in [0.29, 0.717) is 5.92 Å². The summed E-state index contributed by atoms with van der Waals surface area (Å²) in [5.74, 6) is 0.553. The quantitative estimate of drug-likeness (QED) is 0.857. The Balaban J connectivity index is 1.91. The van der Waals surface area contributed by atoms with Gasteiger partial charge in [0.05, 0.1) is 0 Å². The van der Waals surface area contributed by atoms with Crippen molar-refractivity contribution < 1.29 is 4.79 Å². The van der Waals surface area contributed by atoms with Gasteiger partial charge in [0.15, 0.2) is 0 Å². The number of benzene rings is 1. The second-order valence-electron chi connectivity index (χ2n) is 5.23. The summed E-state index contributed by atoms with van der Waals surface area (Å²) < 4.78 is 0. The van der Waals surface area contributed by atoms with E-state index in [-0.39, 0.29) is 11.9 Å². The first-order valence-corrected chi connectivity index (χ1v) is 6.79. The van der Waals surface area contributed by atoms with E-state index in [9.17, 15) is 4.79 Å². The fourth-order valence-corrected chi connectivity index (χ4v) is 2.70. The lowest BCUT2D eigenvalue weighted by molar-refractivity contribution is -0.123. The summed E-state index contributed by atoms with van der Waals surface area (Å²) in [6.45, 7) is 2.09. The average Bonchev–Trinajstić information content (AvgIpc) is 2.92. The molecule has 1 aromatic carbocycles. The molecule has 1 aromatic rings. The number of carbonyl (C=O) groups is 1. The van der Waals surface area contributed by atoms with Crippen molar-refractivity contribution in [2.24, 2.45) is 11.7 Å². The van der Waals surface area contributed by atoms with Crippen molar-refractivity contribution in [3.05, 3.63) is 35.9 Å². The molecule has 3 nitrogen and oxygen atoms in total. The van der Waals surface area contributed by atoms with Crippen LogP contribution in [0.3, 0.4) is 0 Å². The van der Waals surface area contributed by atoms with Gasteiger partial charge in [-0.15, -0.1) is 0 Å². The number of rotatable bonds is 4. The van der Waals surface area contributed by atoms with Crippen LogP contribution in [-0.4, -0.2) is 11.9 Å². The van der Waals surface area contributed by atoms with Crippen molar-refractivity contribution >= 4 is 5.91 Å². The van der Waals surface area contributed by atoms with Gasteiger partial charge in [-0.1, -0.05) is 43.2 Å². The molecule has 1 aliphatic rings. The second-order valence-corrected chi connectivity index (χ2v) is 5.23. The highest BCUT2D eigenvalue weighted by Gasteiger charge is 2.24. The van der Waals surface area contributed by atoms with Gasteiger partial charge in [-0.3, -0.25) is 4.79 Å². The molecule has 98 valence electrons. The van der Waals surface area contributed by atoms with Gasteiger partial charge in [0.1, 0.15) is 6.04 Å². The third kappa shape index (κ3) is 3.10. The molecule has 0 radical (unpaired) electrons. The SMILES string of the molecule is C[C@H](NC(=O)C(N)c1ccccc1)C1CCCC1. The third-order valence-corrected chi connectivity index (χ3v) is 3.92. The van der Waals surface area contributed by atoms with E-state index >= 15 is 0 Å². The van der Waals surface area contributed by atoms with Crippen LogP contribution in [0.1, 0.15) is 44.2 Å². The lowest BCUT2D eigenvalue weighted by Gasteiger charge is -2.22. The molecule has 0 aliphatic heterocycles. The van der Waals surface area contributed by atoms with Crippen molar-refractivity contribution in [3.8, 4) is 0 Å². The summed E-state index contributed by atoms with van der Waals surface area (Å²) in [7, 11) is 0. The monoisotopic (exact) mass is 246 g/mol. The van der Waals surface area contributed by atoms with Gasteiger partial charge in [0.2, 0.25) is 5.91 Å². The summed E-state index contributed by atoms with van der Waals surface area (Å²) in [6, 6.07) is 9.19. The highest BCUT2D eigenvalue weighted by atomic mass is 16.2. The first kappa shape index (κ1) is 13.1. The molecule has 3 heteroatoms. The van der Waals surface area contributed by atoms with Crippen molar-refractivity contribution in [2.75, 3.05) is 0 Å². The maximum atomic E-state index is 12.1. The molecule has 2 atom stereocenters. The molecule has 1 saturated carbocycles. The van der Waals surface area contributed by atoms with Crippen LogP contribution in [0.4, 0.5) is 0 Å². The Labute approximate surface area is 109 Å². The van der Waals surface area contributed by atoms with E-state index in [1.807, 2.05) is 30.3 Å². The van der Waals surface area contributed by atoms with Crippen LogP contribution in [0.5, 0.6) is 0 Å². The van der Waals surface area contributed by atoms with Gasteiger partial charge < -0.3 is 11.1 Å². The van der Waals surface area contributed by atoms with Crippen LogP contribution in [-0.2, 0) is 4.79 Å². The van der Waals surface area contributed by atoms with Crippen molar-refractivity contribution in [3.63, 3.8) is 0 Å². The summed E-state index contributed by atoms with van der Waals surface area (Å²) in [5.41, 5.74) is 6.84. The molecule has 18 heavy (non-hydrogen) atoms. The van der Waals surface area contributed by atoms with E-state index in [4.69, 9.17) is 5.73 Å². The molecule has 1 aliphatic carbocycles. The van der Waals surface area contributed by atoms with E-state index in [0.717, 1.165) is 5.56 Å². The molecule has 1 amide bonds. The van der Waals surface area contributed by atoms with E-state index in [2.05, 4.69) is 12.2 Å². The Hall–Kier alpha value is -1.35. The fraction of sp³-hybridized carbons (Fsp3) is 0.533. The minimum atomic E-state index is -0.560. The zero-order chi connectivity index (χ0) is 13.0. The molecule has 0 heterocycles. The largest absolute Gasteiger partial charge is 0.352 e. The molecule has 1 fully saturated rings. The fourth-order valence-electron chi connectivity index (χ4n) is 2.70. The topological polar surface area (TPSA) is 55.1 Å². The van der Waals surface area contributed by atoms with Crippen LogP contribution in [0.2, 0.25) is 0 Å². The summed E-state index contributed by atoms with van der Waals surface area (Å²) in [4.78, 5) is 12.1. The van der Waals surface area contributed by atoms with E-state index < -0.39 is 6.04 Å². The van der Waals surface area contributed by atoms with Crippen LogP contribution >= 0.6 is 0 Å². The normalized spacial score (nSPS) is 19.4. The summed E-state index contributed by atoms with van der Waals surface area (Å²) >= 11 is 0.